The number of benzene rings is 2. The molecule has 32 heavy (non-hydrogen) atoms. The van der Waals surface area contributed by atoms with Crippen LogP contribution in [0.1, 0.15) is 37.5 Å². The number of rotatable bonds is 10. The molecule has 0 heterocycles. The highest BCUT2D eigenvalue weighted by atomic mass is 32.2. The van der Waals surface area contributed by atoms with E-state index in [2.05, 4.69) is 5.32 Å². The molecule has 1 atom stereocenters. The Bertz CT molecular complexity index is 1050. The molecule has 0 spiro atoms. The average molecular weight is 460 g/mol. The predicted octanol–water partition coefficient (Wildman–Crippen LogP) is 2.88. The standard InChI is InChI=1S/C24H33N3O4S/c1-6-21-13-8-9-14-22(21)27(32(5,30)31)17-23(28)26(19(4)24(29)25-7-2)16-20-12-10-11-18(3)15-20/h8-15,19H,6-7,16-17H2,1-5H3,(H,25,29). The number of amides is 2. The molecule has 0 radical (unpaired) electrons. The van der Waals surface area contributed by atoms with Crippen LogP contribution in [0, 0.1) is 6.92 Å². The molecule has 0 saturated heterocycles. The summed E-state index contributed by atoms with van der Waals surface area (Å²) in [6.07, 6.45) is 1.71. The Morgan fingerprint density at radius 2 is 1.75 bits per heavy atom. The number of hydrogen-bond acceptors (Lipinski definition) is 4. The van der Waals surface area contributed by atoms with Crippen molar-refractivity contribution in [3.63, 3.8) is 0 Å². The third kappa shape index (κ3) is 6.56. The molecule has 0 aliphatic rings. The van der Waals surface area contributed by atoms with Crippen molar-refractivity contribution < 1.29 is 18.0 Å². The van der Waals surface area contributed by atoms with Gasteiger partial charge in [-0.1, -0.05) is 55.0 Å². The number of likely N-dealkylation sites (N-methyl/N-ethyl adjacent to an activating group) is 1. The van der Waals surface area contributed by atoms with Crippen molar-refractivity contribution in [1.82, 2.24) is 10.2 Å². The molecule has 7 nitrogen and oxygen atoms in total. The van der Waals surface area contributed by atoms with Crippen molar-refractivity contribution in [1.29, 1.82) is 0 Å². The molecule has 0 aliphatic heterocycles. The van der Waals surface area contributed by atoms with Crippen LogP contribution in [0.3, 0.4) is 0 Å². The van der Waals surface area contributed by atoms with Crippen molar-refractivity contribution in [2.24, 2.45) is 0 Å². The van der Waals surface area contributed by atoms with Crippen molar-refractivity contribution in [3.8, 4) is 0 Å². The number of nitrogens with zero attached hydrogens (tertiary/aromatic N) is 2. The van der Waals surface area contributed by atoms with Gasteiger partial charge >= 0.3 is 0 Å². The Balaban J connectivity index is 2.42. The van der Waals surface area contributed by atoms with Crippen molar-refractivity contribution >= 4 is 27.5 Å². The Morgan fingerprint density at radius 1 is 1.06 bits per heavy atom. The zero-order chi connectivity index (χ0) is 23.9. The van der Waals surface area contributed by atoms with E-state index in [1.165, 1.54) is 4.90 Å². The highest BCUT2D eigenvalue weighted by Gasteiger charge is 2.30. The molecule has 0 fully saturated rings. The molecule has 8 heteroatoms. The molecule has 0 bridgehead atoms. The minimum Gasteiger partial charge on any atom is -0.355 e. The Labute approximate surface area is 191 Å². The number of carbonyl (C=O) groups is 2. The molecular formula is C24H33N3O4S. The summed E-state index contributed by atoms with van der Waals surface area (Å²) >= 11 is 0. The third-order valence-corrected chi connectivity index (χ3v) is 6.40. The second-order valence-electron chi connectivity index (χ2n) is 7.83. The fourth-order valence-corrected chi connectivity index (χ4v) is 4.44. The van der Waals surface area contributed by atoms with E-state index < -0.39 is 22.0 Å². The molecular weight excluding hydrogens is 426 g/mol. The summed E-state index contributed by atoms with van der Waals surface area (Å²) in [7, 11) is -3.73. The van der Waals surface area contributed by atoms with Crippen LogP contribution in [0.15, 0.2) is 48.5 Å². The fraction of sp³-hybridized carbons (Fsp3) is 0.417. The Morgan fingerprint density at radius 3 is 2.34 bits per heavy atom. The number of aryl methyl sites for hydroxylation is 2. The van der Waals surface area contributed by atoms with Gasteiger partial charge < -0.3 is 10.2 Å². The SMILES string of the molecule is CCNC(=O)C(C)N(Cc1cccc(C)c1)C(=O)CN(c1ccccc1CC)S(C)(=O)=O. The molecule has 1 N–H and O–H groups in total. The van der Waals surface area contributed by atoms with E-state index in [0.29, 0.717) is 18.7 Å². The van der Waals surface area contributed by atoms with Crippen LogP contribution < -0.4 is 9.62 Å². The molecule has 0 aromatic heterocycles. The van der Waals surface area contributed by atoms with Gasteiger partial charge in [0.2, 0.25) is 21.8 Å². The Hall–Kier alpha value is -2.87. The largest absolute Gasteiger partial charge is 0.355 e. The number of nitrogens with one attached hydrogen (secondary N) is 1. The van der Waals surface area contributed by atoms with Gasteiger partial charge in [0.05, 0.1) is 11.9 Å². The quantitative estimate of drug-likeness (QED) is 0.592. The van der Waals surface area contributed by atoms with E-state index in [0.717, 1.165) is 27.3 Å². The highest BCUT2D eigenvalue weighted by molar-refractivity contribution is 7.92. The van der Waals surface area contributed by atoms with E-state index >= 15 is 0 Å². The zero-order valence-corrected chi connectivity index (χ0v) is 20.3. The average Bonchev–Trinajstić information content (AvgIpc) is 2.74. The maximum absolute atomic E-state index is 13.5. The van der Waals surface area contributed by atoms with E-state index in [1.807, 2.05) is 57.2 Å². The first kappa shape index (κ1) is 25.4. The van der Waals surface area contributed by atoms with Gasteiger partial charge in [-0.25, -0.2) is 8.42 Å². The lowest BCUT2D eigenvalue weighted by molar-refractivity contribution is -0.139. The van der Waals surface area contributed by atoms with Gasteiger partial charge in [-0.15, -0.1) is 0 Å². The monoisotopic (exact) mass is 459 g/mol. The first-order valence-corrected chi connectivity index (χ1v) is 12.6. The molecule has 0 aliphatic carbocycles. The Kier molecular flexibility index (Phi) is 8.83. The molecule has 2 amide bonds. The molecule has 0 saturated carbocycles. The molecule has 1 unspecified atom stereocenters. The summed E-state index contributed by atoms with van der Waals surface area (Å²) in [5.74, 6) is -0.727. The highest BCUT2D eigenvalue weighted by Crippen LogP contribution is 2.24. The van der Waals surface area contributed by atoms with Crippen LogP contribution in [0.5, 0.6) is 0 Å². The summed E-state index contributed by atoms with van der Waals surface area (Å²) in [5.41, 5.74) is 3.21. The first-order valence-electron chi connectivity index (χ1n) is 10.8. The van der Waals surface area contributed by atoms with Crippen LogP contribution in [0.4, 0.5) is 5.69 Å². The normalized spacial score (nSPS) is 12.2. The van der Waals surface area contributed by atoms with Crippen molar-refractivity contribution in [3.05, 3.63) is 65.2 Å². The summed E-state index contributed by atoms with van der Waals surface area (Å²) in [6.45, 7) is 7.61. The van der Waals surface area contributed by atoms with Gasteiger partial charge in [-0.3, -0.25) is 13.9 Å². The number of sulfonamides is 1. The summed E-state index contributed by atoms with van der Waals surface area (Å²) in [6, 6.07) is 14.1. The summed E-state index contributed by atoms with van der Waals surface area (Å²) in [4.78, 5) is 27.5. The lowest BCUT2D eigenvalue weighted by Gasteiger charge is -2.32. The van der Waals surface area contributed by atoms with Crippen LogP contribution in [-0.4, -0.2) is 50.5 Å². The number of hydrogen-bond donors (Lipinski definition) is 1. The van der Waals surface area contributed by atoms with Gasteiger partial charge in [-0.05, 0) is 44.4 Å². The second kappa shape index (κ2) is 11.1. The summed E-state index contributed by atoms with van der Waals surface area (Å²) < 4.78 is 26.4. The smallest absolute Gasteiger partial charge is 0.244 e. The third-order valence-electron chi connectivity index (χ3n) is 5.27. The van der Waals surface area contributed by atoms with Crippen LogP contribution in [0.25, 0.3) is 0 Å². The molecule has 2 rings (SSSR count). The van der Waals surface area contributed by atoms with E-state index in [1.54, 1.807) is 19.1 Å². The lowest BCUT2D eigenvalue weighted by atomic mass is 10.1. The molecule has 2 aromatic rings. The first-order chi connectivity index (χ1) is 15.1. The lowest BCUT2D eigenvalue weighted by Crippen LogP contribution is -2.51. The van der Waals surface area contributed by atoms with E-state index in [-0.39, 0.29) is 19.0 Å². The van der Waals surface area contributed by atoms with E-state index in [4.69, 9.17) is 0 Å². The van der Waals surface area contributed by atoms with Gasteiger partial charge in [0.15, 0.2) is 0 Å². The van der Waals surface area contributed by atoms with Gasteiger partial charge in [-0.2, -0.15) is 0 Å². The van der Waals surface area contributed by atoms with E-state index in [9.17, 15) is 18.0 Å². The number of carbonyl (C=O) groups excluding carboxylic acids is 2. The molecule has 2 aromatic carbocycles. The zero-order valence-electron chi connectivity index (χ0n) is 19.5. The molecule has 174 valence electrons. The van der Waals surface area contributed by atoms with Crippen molar-refractivity contribution in [2.75, 3.05) is 23.7 Å². The fourth-order valence-electron chi connectivity index (χ4n) is 3.56. The minimum atomic E-state index is -3.73. The van der Waals surface area contributed by atoms with Gasteiger partial charge in [0.1, 0.15) is 12.6 Å². The number of anilines is 1. The van der Waals surface area contributed by atoms with Crippen LogP contribution in [-0.2, 0) is 32.6 Å². The van der Waals surface area contributed by atoms with Gasteiger partial charge in [0, 0.05) is 13.1 Å². The predicted molar refractivity (Wildman–Crippen MR) is 128 cm³/mol. The maximum atomic E-state index is 13.5. The van der Waals surface area contributed by atoms with Gasteiger partial charge in [0.25, 0.3) is 0 Å². The summed E-state index contributed by atoms with van der Waals surface area (Å²) in [5, 5.41) is 2.75. The maximum Gasteiger partial charge on any atom is 0.244 e. The van der Waals surface area contributed by atoms with Crippen LogP contribution in [0.2, 0.25) is 0 Å². The number of para-hydroxylation sites is 1. The van der Waals surface area contributed by atoms with Crippen molar-refractivity contribution in [2.45, 2.75) is 46.7 Å². The minimum absolute atomic E-state index is 0.200. The topological polar surface area (TPSA) is 86.8 Å². The van der Waals surface area contributed by atoms with Crippen LogP contribution >= 0.6 is 0 Å². The second-order valence-corrected chi connectivity index (χ2v) is 9.74.